The Labute approximate surface area is 584 Å². The largest absolute Gasteiger partial charge is 0.0651 e. The maximum Gasteiger partial charge on any atom is -0.0297 e. The van der Waals surface area contributed by atoms with Gasteiger partial charge in [0.25, 0.3) is 0 Å². The van der Waals surface area contributed by atoms with Gasteiger partial charge in [0, 0.05) is 0 Å². The summed E-state index contributed by atoms with van der Waals surface area (Å²) in [7, 11) is 0. The Morgan fingerprint density at radius 1 is 0.269 bits per heavy atom. The molecule has 23 fully saturated rings. The van der Waals surface area contributed by atoms with Crippen LogP contribution in [0.15, 0.2) is 0 Å². The lowest BCUT2D eigenvalue weighted by atomic mass is 9.52. The third-order valence-corrected chi connectivity index (χ3v) is 37.2. The van der Waals surface area contributed by atoms with Crippen molar-refractivity contribution in [1.29, 1.82) is 0 Å². The molecular weight excluding hydrogens is 1120 g/mol. The van der Waals surface area contributed by atoms with Crippen molar-refractivity contribution in [3.63, 3.8) is 0 Å². The molecule has 0 radical (unpaired) electrons. The van der Waals surface area contributed by atoms with Gasteiger partial charge in [0.1, 0.15) is 0 Å². The van der Waals surface area contributed by atoms with Crippen LogP contribution in [-0.4, -0.2) is 0 Å². The molecule has 0 aliphatic heterocycles. The summed E-state index contributed by atoms with van der Waals surface area (Å²) in [5, 5.41) is 0. The van der Waals surface area contributed by atoms with E-state index in [0.717, 1.165) is 177 Å². The summed E-state index contributed by atoms with van der Waals surface area (Å²) in [5.74, 6) is 30.3. The first-order valence-electron chi connectivity index (χ1n) is 44.3. The molecule has 23 rings (SSSR count). The van der Waals surface area contributed by atoms with E-state index in [9.17, 15) is 0 Å². The molecule has 0 aromatic rings. The third-order valence-electron chi connectivity index (χ3n) is 37.2. The molecule has 0 aromatic heterocycles. The minimum Gasteiger partial charge on any atom is -0.0651 e. The van der Waals surface area contributed by atoms with E-state index in [1.807, 2.05) is 0 Å². The lowest BCUT2D eigenvalue weighted by molar-refractivity contribution is -0.0319. The van der Waals surface area contributed by atoms with Crippen LogP contribution in [0.1, 0.15) is 401 Å². The minimum atomic E-state index is 0.654. The molecule has 13 unspecified atom stereocenters. The van der Waals surface area contributed by atoms with Crippen LogP contribution >= 0.6 is 0 Å². The fraction of sp³-hybridized carbons (Fsp3) is 1.00. The number of rotatable bonds is 2. The highest BCUT2D eigenvalue weighted by atomic mass is 14.6. The Morgan fingerprint density at radius 3 is 0.935 bits per heavy atom. The van der Waals surface area contributed by atoms with Crippen molar-refractivity contribution in [3.05, 3.63) is 0 Å². The van der Waals surface area contributed by atoms with Gasteiger partial charge in [-0.15, -0.1) is 0 Å². The first-order valence-corrected chi connectivity index (χ1v) is 44.3. The van der Waals surface area contributed by atoms with Crippen molar-refractivity contribution in [2.75, 3.05) is 0 Å². The van der Waals surface area contributed by atoms with Crippen LogP contribution in [0.2, 0.25) is 0 Å². The van der Waals surface area contributed by atoms with Crippen LogP contribution in [0.5, 0.6) is 0 Å². The molecule has 0 aromatic carbocycles. The zero-order valence-corrected chi connectivity index (χ0v) is 66.6. The van der Waals surface area contributed by atoms with E-state index < -0.39 is 0 Å². The van der Waals surface area contributed by atoms with Crippen LogP contribution in [-0.2, 0) is 0 Å². The van der Waals surface area contributed by atoms with Gasteiger partial charge in [-0.1, -0.05) is 195 Å². The zero-order valence-electron chi connectivity index (χ0n) is 66.6. The smallest absolute Gasteiger partial charge is 0.0297 e. The van der Waals surface area contributed by atoms with Gasteiger partial charge in [-0.3, -0.25) is 0 Å². The molecular formula is C93H168. The van der Waals surface area contributed by atoms with Crippen molar-refractivity contribution in [2.45, 2.75) is 401 Å². The molecule has 23 aliphatic rings. The van der Waals surface area contributed by atoms with Crippen molar-refractivity contribution in [3.8, 4) is 0 Å². The molecule has 0 spiro atoms. The molecule has 23 aliphatic carbocycles. The highest BCUT2D eigenvalue weighted by Crippen LogP contribution is 2.61. The summed E-state index contributed by atoms with van der Waals surface area (Å²) < 4.78 is 0. The summed E-state index contributed by atoms with van der Waals surface area (Å²) in [6.45, 7) is 44.0. The lowest BCUT2D eigenvalue weighted by Crippen LogP contribution is -2.44. The summed E-state index contributed by atoms with van der Waals surface area (Å²) in [5.41, 5.74) is 2.84. The summed E-state index contributed by atoms with van der Waals surface area (Å²) in [6, 6.07) is 0. The highest BCUT2D eigenvalue weighted by Gasteiger charge is 2.51. The van der Waals surface area contributed by atoms with Crippen LogP contribution in [0.3, 0.4) is 0 Å². The van der Waals surface area contributed by atoms with Gasteiger partial charge in [-0.2, -0.15) is 0 Å². The second kappa shape index (κ2) is 33.4. The Balaban J connectivity index is 0.000000113. The zero-order chi connectivity index (χ0) is 66.6. The average Bonchev–Trinajstić information content (AvgIpc) is 1.34. The standard InChI is InChI=1S/C11H20.3C10H18.4C9H16.C8H14.C8H16/c1-8-9-4-6-10(7-5-9)11(8,2)3;1-7-8-4-5-9(6-8)10(7,2)3;1-8-7-9-3-5-10(8,2)6-4-9;1-7-8(2)10-5-3-9(7)4-6-10;1-7-5-8-3-4-9(7,2)6-8;1-6-7(2)9-4-3-8(6)5-9;1-7-6-8-2-4-9(7)5-3-8;1-2-8-5-7-3-4-9(8)6-7;1-6-4-7-2-3-8(6)5-7;1-2-8-6-4-3-5-7-8/h8-10H,4-7H2,1-3H3;7-9H,4-6H2,1-3H3;8-9H,3-7H2,1-2H3;7-10H,3-6H2,1-2H3;7-8H,3-6H2,1-2H3;6-9H,3-5H2,1-2H3;2*7-9H,2-6H2,1H3;6-8H,2-5H2,1H3;8H,2-7H2,1H3/t8-,9?,10?;7-,8?,9?;8-,9?,10?;7-,8?,9?,10?;7-,8?,9?;6-,7?,8?,9?;7-,8?,9?;;6-,7?,8?;/m1100000.0./s1. The van der Waals surface area contributed by atoms with Crippen LogP contribution < -0.4 is 0 Å². The van der Waals surface area contributed by atoms with E-state index in [-0.39, 0.29) is 0 Å². The van der Waals surface area contributed by atoms with E-state index >= 15 is 0 Å². The van der Waals surface area contributed by atoms with Gasteiger partial charge < -0.3 is 0 Å². The second-order valence-electron chi connectivity index (χ2n) is 42.1. The number of hydrogen-bond donors (Lipinski definition) is 0. The Bertz CT molecular complexity index is 2080. The molecule has 0 N–H and O–H groups in total. The Kier molecular flexibility index (Phi) is 27.2. The van der Waals surface area contributed by atoms with Crippen molar-refractivity contribution < 1.29 is 0 Å². The molecule has 0 nitrogen and oxygen atoms in total. The molecule has 0 saturated heterocycles. The van der Waals surface area contributed by atoms with E-state index in [0.29, 0.717) is 10.8 Å². The minimum absolute atomic E-state index is 0.654. The molecule has 93 heavy (non-hydrogen) atoms. The van der Waals surface area contributed by atoms with Gasteiger partial charge in [0.2, 0.25) is 0 Å². The topological polar surface area (TPSA) is 0 Å². The summed E-state index contributed by atoms with van der Waals surface area (Å²) in [6.07, 6.45) is 65.7. The van der Waals surface area contributed by atoms with Crippen molar-refractivity contribution >= 4 is 0 Å². The molecule has 0 heterocycles. The third kappa shape index (κ3) is 18.4. The number of hydrogen-bond acceptors (Lipinski definition) is 0. The van der Waals surface area contributed by atoms with E-state index in [4.69, 9.17) is 0 Å². The first kappa shape index (κ1) is 75.7. The average molecular weight is 1290 g/mol. The van der Waals surface area contributed by atoms with Gasteiger partial charge in [-0.25, -0.2) is 0 Å². The maximum atomic E-state index is 2.49. The van der Waals surface area contributed by atoms with Gasteiger partial charge in [0.05, 0.1) is 0 Å². The normalized spacial score (nSPS) is 49.5. The van der Waals surface area contributed by atoms with Crippen LogP contribution in [0.25, 0.3) is 0 Å². The number of fused-ring (bicyclic) bond motifs is 22. The van der Waals surface area contributed by atoms with Crippen molar-refractivity contribution in [1.82, 2.24) is 0 Å². The molecule has 18 bridgehead atoms. The maximum absolute atomic E-state index is 2.49. The van der Waals surface area contributed by atoms with Crippen LogP contribution in [0.4, 0.5) is 0 Å². The van der Waals surface area contributed by atoms with Gasteiger partial charge in [0.15, 0.2) is 0 Å². The predicted octanol–water partition coefficient (Wildman–Crippen LogP) is 29.5. The Hall–Kier alpha value is 0. The monoisotopic (exact) mass is 1290 g/mol. The van der Waals surface area contributed by atoms with Gasteiger partial charge >= 0.3 is 0 Å². The molecule has 540 valence electrons. The van der Waals surface area contributed by atoms with E-state index in [1.54, 1.807) is 89.9 Å². The Morgan fingerprint density at radius 2 is 0.677 bits per heavy atom. The molecule has 23 saturated carbocycles. The van der Waals surface area contributed by atoms with Crippen molar-refractivity contribution in [2.24, 2.45) is 187 Å². The second-order valence-corrected chi connectivity index (χ2v) is 42.1. The quantitative estimate of drug-likeness (QED) is 0.259. The fourth-order valence-corrected chi connectivity index (χ4v) is 27.8. The lowest BCUT2D eigenvalue weighted by Gasteiger charge is -2.53. The fourth-order valence-electron chi connectivity index (χ4n) is 27.8. The van der Waals surface area contributed by atoms with Crippen LogP contribution in [0, 0.1) is 187 Å². The SMILES string of the molecule is CC1C2CCC(C2)[C@H]1C.CC1C2CCC(CC2)[C@H]1C.CCC1CC2CCC1C2.CCC1CCCCC1.C[C@@H]1C2CCC(C2)C1(C)C.C[C@@H]1C2CCC(CC2)C1(C)C.C[C@H]1CC2CCC1(C)C2.C[C@H]1CC2CCC1(C)CC2.C[C@H]1CC2CCC1C2.C[C@H]1CC2CCC1CC2. The first-order chi connectivity index (χ1) is 44.3. The highest BCUT2D eigenvalue weighted by molar-refractivity contribution is 5.01. The molecule has 21 atom stereocenters. The van der Waals surface area contributed by atoms with E-state index in [1.165, 1.54) is 186 Å². The van der Waals surface area contributed by atoms with E-state index in [2.05, 4.69) is 125 Å². The molecule has 0 heteroatoms. The predicted molar refractivity (Wildman–Crippen MR) is 408 cm³/mol. The summed E-state index contributed by atoms with van der Waals surface area (Å²) >= 11 is 0. The summed E-state index contributed by atoms with van der Waals surface area (Å²) in [4.78, 5) is 0. The van der Waals surface area contributed by atoms with Gasteiger partial charge in [-0.05, 0) is 393 Å². The molecule has 0 amide bonds.